The molecule has 365 valence electrons. The van der Waals surface area contributed by atoms with E-state index in [-0.39, 0.29) is 37.7 Å². The second-order valence-electron chi connectivity index (χ2n) is 17.2. The summed E-state index contributed by atoms with van der Waals surface area (Å²) in [6.07, 6.45) is 63.7. The average molecular weight is 1010 g/mol. The Kier molecular flexibility index (Phi) is 68.9. The molecule has 0 saturated carbocycles. The number of hydrogen-bond acceptors (Lipinski definition) is 3. The van der Waals surface area contributed by atoms with Gasteiger partial charge in [-0.1, -0.05) is 211 Å². The van der Waals surface area contributed by atoms with Gasteiger partial charge in [0, 0.05) is 57.0 Å². The van der Waals surface area contributed by atoms with Crippen molar-refractivity contribution in [1.82, 2.24) is 0 Å². The zero-order valence-corrected chi connectivity index (χ0v) is 42.5. The van der Waals surface area contributed by atoms with Crippen molar-refractivity contribution in [3.05, 3.63) is 36.5 Å². The summed E-state index contributed by atoms with van der Waals surface area (Å²) in [4.78, 5) is 31.0. The number of aliphatic carboxylic acids is 3. The van der Waals surface area contributed by atoms with Crippen LogP contribution in [0.3, 0.4) is 0 Å². The van der Waals surface area contributed by atoms with E-state index in [1.165, 1.54) is 212 Å². The maximum Gasteiger partial charge on any atom is 0.303 e. The summed E-state index contributed by atoms with van der Waals surface area (Å²) in [5.41, 5.74) is 0. The van der Waals surface area contributed by atoms with Crippen LogP contribution >= 0.6 is 0 Å². The second kappa shape index (κ2) is 63.2. The van der Waals surface area contributed by atoms with Gasteiger partial charge in [0.25, 0.3) is 0 Å². The molecule has 0 rings (SSSR count). The summed E-state index contributed by atoms with van der Waals surface area (Å²) >= 11 is 0. The van der Waals surface area contributed by atoms with Crippen molar-refractivity contribution in [1.29, 1.82) is 0 Å². The predicted molar refractivity (Wildman–Crippen MR) is 261 cm³/mol. The van der Waals surface area contributed by atoms with E-state index in [0.717, 1.165) is 38.5 Å². The molecule has 0 saturated heterocycles. The quantitative estimate of drug-likeness (QED) is 0.0318. The van der Waals surface area contributed by atoms with Gasteiger partial charge in [-0.25, -0.2) is 0 Å². The third-order valence-corrected chi connectivity index (χ3v) is 11.0. The fourth-order valence-electron chi connectivity index (χ4n) is 7.04. The van der Waals surface area contributed by atoms with E-state index in [1.807, 2.05) is 0 Å². The summed E-state index contributed by atoms with van der Waals surface area (Å²) in [5.74, 6) is -1.98. The smallest absolute Gasteiger partial charge is 0.303 e. The third-order valence-electron chi connectivity index (χ3n) is 11.0. The molecule has 3 N–H and O–H groups in total. The van der Waals surface area contributed by atoms with Gasteiger partial charge in [-0.2, -0.15) is 0 Å². The van der Waals surface area contributed by atoms with E-state index in [9.17, 15) is 14.4 Å². The van der Waals surface area contributed by atoms with E-state index >= 15 is 0 Å². The third kappa shape index (κ3) is 76.6. The van der Waals surface area contributed by atoms with E-state index in [0.29, 0.717) is 19.3 Å². The maximum atomic E-state index is 10.3. The molecule has 0 aromatic carbocycles. The Morgan fingerprint density at radius 3 is 0.574 bits per heavy atom. The predicted octanol–water partition coefficient (Wildman–Crippen LogP) is 18.3. The molecule has 0 aliphatic carbocycles. The minimum absolute atomic E-state index is 0. The zero-order valence-electron chi connectivity index (χ0n) is 40.5. The first-order chi connectivity index (χ1) is 29.3. The monoisotopic (exact) mass is 1010 g/mol. The van der Waals surface area contributed by atoms with E-state index in [1.54, 1.807) is 0 Å². The Morgan fingerprint density at radius 2 is 0.410 bits per heavy atom. The second-order valence-corrected chi connectivity index (χ2v) is 17.2. The van der Waals surface area contributed by atoms with E-state index in [2.05, 4.69) is 57.2 Å². The van der Waals surface area contributed by atoms with Gasteiger partial charge in [0.05, 0.1) is 0 Å². The summed E-state index contributed by atoms with van der Waals surface area (Å²) < 4.78 is 0. The van der Waals surface area contributed by atoms with Gasteiger partial charge in [0.1, 0.15) is 0 Å². The van der Waals surface area contributed by atoms with Gasteiger partial charge in [0.15, 0.2) is 0 Å². The molecule has 0 unspecified atom stereocenters. The van der Waals surface area contributed by atoms with Crippen LogP contribution in [0.15, 0.2) is 36.5 Å². The van der Waals surface area contributed by atoms with Crippen molar-refractivity contribution >= 4 is 17.9 Å². The van der Waals surface area contributed by atoms with Crippen LogP contribution in [0.5, 0.6) is 0 Å². The number of carboxylic acids is 3. The van der Waals surface area contributed by atoms with Crippen molar-refractivity contribution in [3.63, 3.8) is 0 Å². The largest absolute Gasteiger partial charge is 0.481 e. The summed E-state index contributed by atoms with van der Waals surface area (Å²) in [7, 11) is 0. The molecule has 1 radical (unpaired) electrons. The first kappa shape index (κ1) is 66.5. The molecule has 0 spiro atoms. The van der Waals surface area contributed by atoms with E-state index in [4.69, 9.17) is 15.3 Å². The Bertz CT molecular complexity index is 827. The minimum Gasteiger partial charge on any atom is -0.481 e. The molecule has 0 heterocycles. The molecule has 0 atom stereocenters. The average Bonchev–Trinajstić information content (AvgIpc) is 3.22. The first-order valence-electron chi connectivity index (χ1n) is 25.9. The Morgan fingerprint density at radius 1 is 0.262 bits per heavy atom. The number of allylic oxidation sites excluding steroid dienone is 6. The number of hydrogen-bond donors (Lipinski definition) is 3. The molecule has 0 aliphatic rings. The van der Waals surface area contributed by atoms with Gasteiger partial charge in [-0.3, -0.25) is 14.4 Å². The molecule has 7 heteroatoms. The zero-order chi connectivity index (χ0) is 44.7. The van der Waals surface area contributed by atoms with Gasteiger partial charge in [-0.05, 0) is 96.3 Å². The fraction of sp³-hybridized carbons (Fsp3) is 0.833. The van der Waals surface area contributed by atoms with Gasteiger partial charge in [0.2, 0.25) is 0 Å². The van der Waals surface area contributed by atoms with E-state index < -0.39 is 17.9 Å². The molecule has 0 amide bonds. The molecule has 6 nitrogen and oxygen atoms in total. The van der Waals surface area contributed by atoms with Crippen molar-refractivity contribution in [2.75, 3.05) is 0 Å². The topological polar surface area (TPSA) is 112 Å². The van der Waals surface area contributed by atoms with Gasteiger partial charge >= 0.3 is 17.9 Å². The Balaban J connectivity index is -0.000000396. The van der Waals surface area contributed by atoms with Crippen molar-refractivity contribution in [2.45, 2.75) is 290 Å². The molecule has 0 bridgehead atoms. The van der Waals surface area contributed by atoms with Crippen LogP contribution in [0.25, 0.3) is 0 Å². The first-order valence-corrected chi connectivity index (χ1v) is 25.9. The SMILES string of the molecule is CCCCCC/C=C\CCCCCCCCCC(=O)O.CCCCCC/C=C\CCCCCCCCCC(=O)O.CCCCCC/C=C\CCCCCCCCCC(=O)O.[Ho]. The molecule has 0 fully saturated rings. The minimum atomic E-state index is -0.661. The normalized spacial score (nSPS) is 11.1. The van der Waals surface area contributed by atoms with Crippen LogP contribution in [0.4, 0.5) is 0 Å². The summed E-state index contributed by atoms with van der Waals surface area (Å²) in [6.45, 7) is 6.76. The molecular weight excluding hydrogens is 910 g/mol. The van der Waals surface area contributed by atoms with Crippen LogP contribution in [-0.4, -0.2) is 33.2 Å². The summed E-state index contributed by atoms with van der Waals surface area (Å²) in [5, 5.41) is 25.5. The molecule has 61 heavy (non-hydrogen) atoms. The molecular formula is C54H102HoO6. The van der Waals surface area contributed by atoms with Crippen molar-refractivity contribution in [3.8, 4) is 0 Å². The van der Waals surface area contributed by atoms with Crippen LogP contribution in [-0.2, 0) is 14.4 Å². The van der Waals surface area contributed by atoms with Crippen LogP contribution < -0.4 is 0 Å². The molecule has 0 aromatic rings. The number of carbonyl (C=O) groups is 3. The maximum absolute atomic E-state index is 10.3. The van der Waals surface area contributed by atoms with Gasteiger partial charge < -0.3 is 15.3 Å². The fourth-order valence-corrected chi connectivity index (χ4v) is 7.04. The number of unbranched alkanes of at least 4 members (excludes halogenated alkanes) is 33. The van der Waals surface area contributed by atoms with Crippen LogP contribution in [0.2, 0.25) is 0 Å². The van der Waals surface area contributed by atoms with Crippen LogP contribution in [0.1, 0.15) is 290 Å². The number of rotatable bonds is 45. The van der Waals surface area contributed by atoms with Gasteiger partial charge in [-0.15, -0.1) is 0 Å². The van der Waals surface area contributed by atoms with Crippen molar-refractivity contribution in [2.24, 2.45) is 0 Å². The standard InChI is InChI=1S/3C18H34O2.Ho/c3*1-2-3-4-5-6-7-8-9-10-11-12-13-14-15-16-17-18(19)20;/h3*7-8H,2-6,9-17H2,1H3,(H,19,20);/b3*8-7-;. The van der Waals surface area contributed by atoms with Crippen LogP contribution in [0, 0.1) is 37.7 Å². The molecule has 0 aliphatic heterocycles. The van der Waals surface area contributed by atoms with Crippen molar-refractivity contribution < 1.29 is 67.4 Å². The number of carboxylic acid groups (broad SMARTS) is 3. The summed E-state index contributed by atoms with van der Waals surface area (Å²) in [6, 6.07) is 0. The molecule has 0 aromatic heterocycles. The Hall–Kier alpha value is -1.11. The Labute approximate surface area is 409 Å².